The zero-order chi connectivity index (χ0) is 36.8. The third kappa shape index (κ3) is 8.08. The average molecular weight is 710 g/mol. The molecule has 2 aromatic carbocycles. The van der Waals surface area contributed by atoms with E-state index in [9.17, 15) is 37.1 Å². The number of carboxylic acids is 1. The number of carboxylic acid groups (broad SMARTS) is 1. The number of nitrogens with zero attached hydrogens (tertiary/aromatic N) is 2. The highest BCUT2D eigenvalue weighted by Crippen LogP contribution is 2.52. The third-order valence-electron chi connectivity index (χ3n) is 11.1. The van der Waals surface area contributed by atoms with Gasteiger partial charge in [0.05, 0.1) is 18.0 Å². The Balaban J connectivity index is 1.35. The molecule has 51 heavy (non-hydrogen) atoms. The first kappa shape index (κ1) is 36.8. The highest BCUT2D eigenvalue weighted by molar-refractivity contribution is 5.82. The smallest absolute Gasteiger partial charge is 0.416 e. The number of pyridine rings is 1. The van der Waals surface area contributed by atoms with Gasteiger partial charge in [-0.15, -0.1) is 0 Å². The maximum absolute atomic E-state index is 14.3. The van der Waals surface area contributed by atoms with E-state index in [0.717, 1.165) is 89.6 Å². The van der Waals surface area contributed by atoms with Crippen molar-refractivity contribution in [3.8, 4) is 11.1 Å². The minimum Gasteiger partial charge on any atom is -0.481 e. The molecule has 6 rings (SSSR count). The van der Waals surface area contributed by atoms with Crippen LogP contribution in [0, 0.1) is 31.0 Å². The van der Waals surface area contributed by atoms with Gasteiger partial charge in [0.15, 0.2) is 0 Å². The topological polar surface area (TPSA) is 91.6 Å². The average Bonchev–Trinajstić information content (AvgIpc) is 3.41. The van der Waals surface area contributed by atoms with Crippen molar-refractivity contribution in [2.24, 2.45) is 11.3 Å². The first-order valence-corrected chi connectivity index (χ1v) is 18.0. The number of amides is 1. The van der Waals surface area contributed by atoms with Crippen LogP contribution in [0.3, 0.4) is 0 Å². The maximum Gasteiger partial charge on any atom is 0.416 e. The van der Waals surface area contributed by atoms with Gasteiger partial charge in [-0.3, -0.25) is 14.4 Å². The largest absolute Gasteiger partial charge is 0.481 e. The van der Waals surface area contributed by atoms with Crippen LogP contribution in [0.4, 0.5) is 17.6 Å². The van der Waals surface area contributed by atoms with Crippen molar-refractivity contribution >= 4 is 11.9 Å². The van der Waals surface area contributed by atoms with Gasteiger partial charge in [-0.1, -0.05) is 19.9 Å². The molecule has 0 bridgehead atoms. The molecule has 1 spiro atoms. The van der Waals surface area contributed by atoms with Crippen molar-refractivity contribution in [1.82, 2.24) is 14.8 Å². The number of likely N-dealkylation sites (tertiary alicyclic amines) is 1. The van der Waals surface area contributed by atoms with Crippen LogP contribution < -0.4 is 10.9 Å². The first-order chi connectivity index (χ1) is 24.0. The zero-order valence-electron chi connectivity index (χ0n) is 29.8. The summed E-state index contributed by atoms with van der Waals surface area (Å²) in [5.74, 6) is -2.26. The second-order valence-electron chi connectivity index (χ2n) is 15.5. The molecule has 2 aliphatic carbocycles. The zero-order valence-corrected chi connectivity index (χ0v) is 29.8. The Morgan fingerprint density at radius 1 is 1.02 bits per heavy atom. The van der Waals surface area contributed by atoms with Crippen LogP contribution in [0.25, 0.3) is 11.1 Å². The molecule has 7 nitrogen and oxygen atoms in total. The van der Waals surface area contributed by atoms with E-state index in [-0.39, 0.29) is 30.1 Å². The fraction of sp³-hybridized carbons (Fsp3) is 0.525. The first-order valence-electron chi connectivity index (χ1n) is 18.0. The predicted octanol–water partition coefficient (Wildman–Crippen LogP) is 7.73. The molecule has 1 aliphatic heterocycles. The number of carbonyl (C=O) groups is 2. The van der Waals surface area contributed by atoms with Gasteiger partial charge in [-0.25, -0.2) is 4.39 Å². The molecular weight excluding hydrogens is 662 g/mol. The summed E-state index contributed by atoms with van der Waals surface area (Å²) in [4.78, 5) is 42.0. The quantitative estimate of drug-likeness (QED) is 0.188. The van der Waals surface area contributed by atoms with E-state index in [0.29, 0.717) is 23.6 Å². The fourth-order valence-electron chi connectivity index (χ4n) is 8.36. The molecule has 2 atom stereocenters. The number of fused-ring (bicyclic) bond motifs is 1. The Hall–Kier alpha value is -3.99. The lowest BCUT2D eigenvalue weighted by molar-refractivity contribution is -0.139. The normalized spacial score (nSPS) is 17.9. The molecule has 2 fully saturated rings. The fourth-order valence-corrected chi connectivity index (χ4v) is 8.36. The molecule has 1 aromatic heterocycles. The van der Waals surface area contributed by atoms with E-state index >= 15 is 0 Å². The van der Waals surface area contributed by atoms with Gasteiger partial charge in [-0.2, -0.15) is 13.2 Å². The molecule has 0 unspecified atom stereocenters. The van der Waals surface area contributed by atoms with Crippen molar-refractivity contribution in [3.63, 3.8) is 0 Å². The van der Waals surface area contributed by atoms with Crippen LogP contribution in [-0.4, -0.2) is 46.1 Å². The van der Waals surface area contributed by atoms with Gasteiger partial charge in [-0.05, 0) is 146 Å². The molecule has 2 N–H and O–H groups in total. The Morgan fingerprint density at radius 2 is 1.73 bits per heavy atom. The van der Waals surface area contributed by atoms with Crippen molar-refractivity contribution in [2.75, 3.05) is 19.6 Å². The minimum absolute atomic E-state index is 0.0456. The molecule has 2 heterocycles. The van der Waals surface area contributed by atoms with Crippen molar-refractivity contribution < 1.29 is 32.3 Å². The van der Waals surface area contributed by atoms with Crippen LogP contribution in [0.1, 0.15) is 103 Å². The van der Waals surface area contributed by atoms with Gasteiger partial charge >= 0.3 is 12.1 Å². The summed E-state index contributed by atoms with van der Waals surface area (Å²) in [5.41, 5.74) is 4.25. The number of hydrogen-bond donors (Lipinski definition) is 2. The molecule has 3 aliphatic rings. The van der Waals surface area contributed by atoms with Crippen LogP contribution in [0.5, 0.6) is 0 Å². The summed E-state index contributed by atoms with van der Waals surface area (Å²) >= 11 is 0. The number of rotatable bonds is 12. The lowest BCUT2D eigenvalue weighted by atomic mass is 9.87. The summed E-state index contributed by atoms with van der Waals surface area (Å²) in [7, 11) is 0. The van der Waals surface area contributed by atoms with Crippen molar-refractivity contribution in [3.05, 3.63) is 91.6 Å². The molecule has 11 heteroatoms. The van der Waals surface area contributed by atoms with Gasteiger partial charge < -0.3 is 19.9 Å². The van der Waals surface area contributed by atoms with Crippen molar-refractivity contribution in [2.45, 2.75) is 104 Å². The van der Waals surface area contributed by atoms with Crippen molar-refractivity contribution in [1.29, 1.82) is 0 Å². The van der Waals surface area contributed by atoms with E-state index in [1.54, 1.807) is 0 Å². The number of hydrogen-bond acceptors (Lipinski definition) is 4. The summed E-state index contributed by atoms with van der Waals surface area (Å²) < 4.78 is 58.1. The summed E-state index contributed by atoms with van der Waals surface area (Å²) in [5, 5.41) is 12.9. The SMILES string of the molecule is Cc1cc(F)cc(C)c1-c1cc([C@H](CC(=O)O)NC(=O)[C@@H](CC(C)C)n2cc(CCN3CCC4(CC4)C3)c(C(F)(F)F)cc2=O)cc2c1CCC2. The van der Waals surface area contributed by atoms with E-state index in [1.807, 2.05) is 39.8 Å². The van der Waals surface area contributed by atoms with Gasteiger partial charge in [0, 0.05) is 25.4 Å². The van der Waals surface area contributed by atoms with Crippen LogP contribution >= 0.6 is 0 Å². The van der Waals surface area contributed by atoms with E-state index < -0.39 is 47.7 Å². The Morgan fingerprint density at radius 3 is 2.33 bits per heavy atom. The molecular formula is C40H47F4N3O4. The summed E-state index contributed by atoms with van der Waals surface area (Å²) in [6.45, 7) is 9.47. The van der Waals surface area contributed by atoms with Crippen LogP contribution in [0.15, 0.2) is 41.3 Å². The highest BCUT2D eigenvalue weighted by atomic mass is 19.4. The molecule has 0 radical (unpaired) electrons. The monoisotopic (exact) mass is 709 g/mol. The van der Waals surface area contributed by atoms with E-state index in [4.69, 9.17) is 0 Å². The number of carbonyl (C=O) groups excluding carboxylic acids is 1. The molecule has 1 amide bonds. The Bertz CT molecular complexity index is 1870. The van der Waals surface area contributed by atoms with Gasteiger partial charge in [0.25, 0.3) is 5.56 Å². The highest BCUT2D eigenvalue weighted by Gasteiger charge is 2.47. The maximum atomic E-state index is 14.3. The third-order valence-corrected chi connectivity index (χ3v) is 11.1. The summed E-state index contributed by atoms with van der Waals surface area (Å²) in [6, 6.07) is 5.14. The number of aryl methyl sites for hydroxylation is 3. The number of nitrogens with one attached hydrogen (secondary N) is 1. The van der Waals surface area contributed by atoms with E-state index in [2.05, 4.69) is 10.2 Å². The Labute approximate surface area is 296 Å². The molecule has 1 saturated heterocycles. The second-order valence-corrected chi connectivity index (χ2v) is 15.5. The summed E-state index contributed by atoms with van der Waals surface area (Å²) in [6.07, 6.45) is 2.03. The predicted molar refractivity (Wildman–Crippen MR) is 187 cm³/mol. The number of benzene rings is 2. The lowest BCUT2D eigenvalue weighted by Gasteiger charge is -2.27. The number of halogens is 4. The number of aliphatic carboxylic acids is 1. The molecule has 1 saturated carbocycles. The minimum atomic E-state index is -4.74. The number of alkyl halides is 3. The molecule has 274 valence electrons. The molecule has 3 aromatic rings. The standard InChI is InChI=1S/C40H47F4N3O4/c1-23(2)14-34(47-21-27(32(19-35(47)48)40(42,43)44)8-12-46-13-11-39(22-46)9-10-39)38(51)45-33(20-36(49)50)28-17-26-6-5-7-30(26)31(18-28)37-24(3)15-29(41)16-25(37)4/h15-19,21,23,33-34H,5-14,20,22H2,1-4H3,(H,45,51)(H,49,50)/t33-,34+/m0/s1. The van der Waals surface area contributed by atoms with Crippen LogP contribution in [-0.2, 0) is 35.0 Å². The Kier molecular flexibility index (Phi) is 10.2. The van der Waals surface area contributed by atoms with Crippen LogP contribution in [0.2, 0.25) is 0 Å². The van der Waals surface area contributed by atoms with Gasteiger partial charge in [0.2, 0.25) is 5.91 Å². The van der Waals surface area contributed by atoms with Gasteiger partial charge in [0.1, 0.15) is 11.9 Å². The lowest BCUT2D eigenvalue weighted by Crippen LogP contribution is -2.40. The van der Waals surface area contributed by atoms with E-state index in [1.165, 1.54) is 18.3 Å². The second kappa shape index (κ2) is 14.2. The number of aromatic nitrogens is 1.